The van der Waals surface area contributed by atoms with Crippen molar-refractivity contribution in [1.29, 1.82) is 0 Å². The van der Waals surface area contributed by atoms with E-state index in [0.717, 1.165) is 19.3 Å². The molecule has 4 N–H and O–H groups in total. The number of ether oxygens (including phenoxy) is 1. The molecule has 3 atom stereocenters. The van der Waals surface area contributed by atoms with E-state index in [1.54, 1.807) is 6.92 Å². The summed E-state index contributed by atoms with van der Waals surface area (Å²) in [4.78, 5) is 15.5. The molecule has 1 fully saturated rings. The highest BCUT2D eigenvalue weighted by Crippen LogP contribution is 2.30. The van der Waals surface area contributed by atoms with Gasteiger partial charge in [0.1, 0.15) is 6.04 Å². The number of carbonyl (C=O) groups is 1. The highest BCUT2D eigenvalue weighted by molar-refractivity contribution is 5.77. The Labute approximate surface area is 89.9 Å². The first-order chi connectivity index (χ1) is 7.04. The maximum atomic E-state index is 11.2. The molecule has 1 saturated carbocycles. The standard InChI is InChI=1S/C10H19N3O2/c1-6(11)13-8-4-3-7(5-8)9(12)10(14)15-2/h7-9H,3-5,12H2,1-2H3,(H2,11,13)/t7-,8+,9+/m1/s1. The Morgan fingerprint density at radius 2 is 2.20 bits per heavy atom. The van der Waals surface area contributed by atoms with Crippen molar-refractivity contribution in [2.75, 3.05) is 7.11 Å². The highest BCUT2D eigenvalue weighted by atomic mass is 16.5. The number of nitrogens with two attached hydrogens (primary N) is 2. The fourth-order valence-electron chi connectivity index (χ4n) is 2.05. The summed E-state index contributed by atoms with van der Waals surface area (Å²) >= 11 is 0. The lowest BCUT2D eigenvalue weighted by molar-refractivity contribution is -0.143. The zero-order valence-corrected chi connectivity index (χ0v) is 9.27. The summed E-state index contributed by atoms with van der Waals surface area (Å²) in [5, 5.41) is 0. The number of esters is 1. The number of amidine groups is 1. The summed E-state index contributed by atoms with van der Waals surface area (Å²) in [6.45, 7) is 1.77. The van der Waals surface area contributed by atoms with Gasteiger partial charge in [-0.05, 0) is 32.1 Å². The molecule has 0 amide bonds. The first-order valence-electron chi connectivity index (χ1n) is 5.18. The van der Waals surface area contributed by atoms with Crippen LogP contribution >= 0.6 is 0 Å². The first-order valence-corrected chi connectivity index (χ1v) is 5.18. The molecule has 5 heteroatoms. The number of methoxy groups -OCH3 is 1. The molecule has 0 bridgehead atoms. The van der Waals surface area contributed by atoms with Gasteiger partial charge in [-0.15, -0.1) is 0 Å². The molecule has 0 aromatic carbocycles. The minimum Gasteiger partial charge on any atom is -0.468 e. The van der Waals surface area contributed by atoms with Crippen LogP contribution < -0.4 is 11.5 Å². The van der Waals surface area contributed by atoms with Crippen LogP contribution in [0.15, 0.2) is 4.99 Å². The van der Waals surface area contributed by atoms with Crippen molar-refractivity contribution < 1.29 is 9.53 Å². The Balaban J connectivity index is 2.49. The van der Waals surface area contributed by atoms with Crippen LogP contribution in [0.1, 0.15) is 26.2 Å². The fourth-order valence-corrected chi connectivity index (χ4v) is 2.05. The van der Waals surface area contributed by atoms with Gasteiger partial charge in [-0.3, -0.25) is 9.79 Å². The van der Waals surface area contributed by atoms with E-state index in [4.69, 9.17) is 11.5 Å². The lowest BCUT2D eigenvalue weighted by Gasteiger charge is -2.16. The van der Waals surface area contributed by atoms with Crippen LogP contribution in [-0.4, -0.2) is 31.0 Å². The molecule has 0 spiro atoms. The van der Waals surface area contributed by atoms with E-state index in [2.05, 4.69) is 9.73 Å². The third kappa shape index (κ3) is 3.20. The Morgan fingerprint density at radius 3 is 2.73 bits per heavy atom. The molecule has 1 rings (SSSR count). The Bertz CT molecular complexity index is 261. The van der Waals surface area contributed by atoms with Crippen molar-refractivity contribution in [1.82, 2.24) is 0 Å². The van der Waals surface area contributed by atoms with E-state index >= 15 is 0 Å². The van der Waals surface area contributed by atoms with Gasteiger partial charge in [0.2, 0.25) is 0 Å². The maximum Gasteiger partial charge on any atom is 0.322 e. The van der Waals surface area contributed by atoms with Gasteiger partial charge in [-0.1, -0.05) is 0 Å². The Morgan fingerprint density at radius 1 is 1.53 bits per heavy atom. The molecule has 0 heterocycles. The SMILES string of the molecule is COC(=O)[C@@H](N)[C@@H]1CC[C@H](N=C(C)N)C1. The second-order valence-electron chi connectivity index (χ2n) is 4.05. The number of aliphatic imine (C=N–C) groups is 1. The van der Waals surface area contributed by atoms with Crippen molar-refractivity contribution >= 4 is 11.8 Å². The van der Waals surface area contributed by atoms with Gasteiger partial charge in [-0.2, -0.15) is 0 Å². The summed E-state index contributed by atoms with van der Waals surface area (Å²) in [5.74, 6) is 0.423. The van der Waals surface area contributed by atoms with E-state index in [-0.39, 0.29) is 17.9 Å². The molecular formula is C10H19N3O2. The van der Waals surface area contributed by atoms with E-state index in [0.29, 0.717) is 5.84 Å². The van der Waals surface area contributed by atoms with Gasteiger partial charge >= 0.3 is 5.97 Å². The van der Waals surface area contributed by atoms with Gasteiger partial charge in [0.25, 0.3) is 0 Å². The molecule has 1 aliphatic rings. The lowest BCUT2D eigenvalue weighted by Crippen LogP contribution is -2.38. The molecule has 0 aromatic rings. The molecule has 86 valence electrons. The van der Waals surface area contributed by atoms with Gasteiger partial charge in [-0.25, -0.2) is 0 Å². The second kappa shape index (κ2) is 5.11. The minimum absolute atomic E-state index is 0.172. The third-order valence-electron chi connectivity index (χ3n) is 2.81. The predicted molar refractivity (Wildman–Crippen MR) is 58.4 cm³/mol. The molecule has 15 heavy (non-hydrogen) atoms. The van der Waals surface area contributed by atoms with Crippen molar-refractivity contribution in [3.63, 3.8) is 0 Å². The summed E-state index contributed by atoms with van der Waals surface area (Å²) in [6, 6.07) is -0.302. The van der Waals surface area contributed by atoms with Crippen molar-refractivity contribution in [2.24, 2.45) is 22.4 Å². The summed E-state index contributed by atoms with van der Waals surface area (Å²) in [5.41, 5.74) is 11.3. The van der Waals surface area contributed by atoms with E-state index < -0.39 is 6.04 Å². The molecular weight excluding hydrogens is 194 g/mol. The quantitative estimate of drug-likeness (QED) is 0.393. The Kier molecular flexibility index (Phi) is 4.08. The van der Waals surface area contributed by atoms with Gasteiger partial charge < -0.3 is 16.2 Å². The normalized spacial score (nSPS) is 28.9. The number of rotatable bonds is 3. The summed E-state index contributed by atoms with van der Waals surface area (Å²) in [6.07, 6.45) is 2.69. The second-order valence-corrected chi connectivity index (χ2v) is 4.05. The number of carbonyl (C=O) groups excluding carboxylic acids is 1. The van der Waals surface area contributed by atoms with Crippen LogP contribution in [0, 0.1) is 5.92 Å². The zero-order valence-electron chi connectivity index (χ0n) is 9.27. The average molecular weight is 213 g/mol. The monoisotopic (exact) mass is 213 g/mol. The van der Waals surface area contributed by atoms with Crippen LogP contribution in [-0.2, 0) is 9.53 Å². The number of nitrogens with zero attached hydrogens (tertiary/aromatic N) is 1. The Hall–Kier alpha value is -1.10. The third-order valence-corrected chi connectivity index (χ3v) is 2.81. The minimum atomic E-state index is -0.520. The largest absolute Gasteiger partial charge is 0.468 e. The first kappa shape index (κ1) is 12.0. The average Bonchev–Trinajstić information content (AvgIpc) is 2.63. The molecule has 0 radical (unpaired) electrons. The van der Waals surface area contributed by atoms with E-state index in [1.807, 2.05) is 0 Å². The lowest BCUT2D eigenvalue weighted by atomic mass is 9.99. The smallest absolute Gasteiger partial charge is 0.322 e. The molecule has 0 aliphatic heterocycles. The topological polar surface area (TPSA) is 90.7 Å². The number of hydrogen-bond acceptors (Lipinski definition) is 4. The van der Waals surface area contributed by atoms with Crippen LogP contribution in [0.4, 0.5) is 0 Å². The van der Waals surface area contributed by atoms with Crippen LogP contribution in [0.5, 0.6) is 0 Å². The van der Waals surface area contributed by atoms with Crippen molar-refractivity contribution in [3.8, 4) is 0 Å². The van der Waals surface area contributed by atoms with E-state index in [9.17, 15) is 4.79 Å². The summed E-state index contributed by atoms with van der Waals surface area (Å²) in [7, 11) is 1.36. The molecule has 1 aliphatic carbocycles. The molecule has 0 aromatic heterocycles. The highest BCUT2D eigenvalue weighted by Gasteiger charge is 2.32. The molecule has 5 nitrogen and oxygen atoms in total. The summed E-state index contributed by atoms with van der Waals surface area (Å²) < 4.78 is 4.62. The fraction of sp³-hybridized carbons (Fsp3) is 0.800. The van der Waals surface area contributed by atoms with Crippen LogP contribution in [0.3, 0.4) is 0 Å². The van der Waals surface area contributed by atoms with Gasteiger partial charge in [0.05, 0.1) is 19.0 Å². The van der Waals surface area contributed by atoms with Crippen LogP contribution in [0.25, 0.3) is 0 Å². The van der Waals surface area contributed by atoms with Gasteiger partial charge in [0.15, 0.2) is 0 Å². The maximum absolute atomic E-state index is 11.2. The van der Waals surface area contributed by atoms with Crippen molar-refractivity contribution in [2.45, 2.75) is 38.3 Å². The van der Waals surface area contributed by atoms with Crippen LogP contribution in [0.2, 0.25) is 0 Å². The predicted octanol–water partition coefficient (Wildman–Crippen LogP) is 0.0325. The van der Waals surface area contributed by atoms with Crippen molar-refractivity contribution in [3.05, 3.63) is 0 Å². The van der Waals surface area contributed by atoms with Gasteiger partial charge in [0, 0.05) is 0 Å². The zero-order chi connectivity index (χ0) is 11.4. The number of hydrogen-bond donors (Lipinski definition) is 2. The van der Waals surface area contributed by atoms with E-state index in [1.165, 1.54) is 7.11 Å². The molecule has 0 unspecified atom stereocenters. The molecule has 0 saturated heterocycles.